The van der Waals surface area contributed by atoms with Crippen LogP contribution in [0, 0.1) is 31.4 Å². The van der Waals surface area contributed by atoms with Gasteiger partial charge < -0.3 is 5.32 Å². The van der Waals surface area contributed by atoms with Crippen molar-refractivity contribution in [2.45, 2.75) is 20.3 Å². The Morgan fingerprint density at radius 2 is 1.85 bits per heavy atom. The van der Waals surface area contributed by atoms with E-state index in [4.69, 9.17) is 0 Å². The number of hydrogen-bond donors (Lipinski definition) is 1. The zero-order chi connectivity index (χ0) is 18.8. The number of nitrogens with one attached hydrogen (secondary N) is 1. The van der Waals surface area contributed by atoms with Crippen molar-refractivity contribution in [1.29, 1.82) is 0 Å². The summed E-state index contributed by atoms with van der Waals surface area (Å²) >= 11 is 0. The van der Waals surface area contributed by atoms with Crippen molar-refractivity contribution in [3.8, 4) is 0 Å². The molecule has 0 saturated carbocycles. The molecule has 2 amide bonds. The SMILES string of the molecule is Cc1ccc(C)c2c1=CC(CCNC(=O)c1ccc(F)c(F)c1)C(=O)N=2. The molecular formula is C20H18F2N2O2. The summed E-state index contributed by atoms with van der Waals surface area (Å²) in [6, 6.07) is 6.88. The molecule has 6 heteroatoms. The molecule has 0 saturated heterocycles. The lowest BCUT2D eigenvalue weighted by molar-refractivity contribution is -0.120. The monoisotopic (exact) mass is 356 g/mol. The van der Waals surface area contributed by atoms with Gasteiger partial charge in [0.1, 0.15) is 0 Å². The molecule has 0 radical (unpaired) electrons. The molecule has 4 nitrogen and oxygen atoms in total. The molecule has 0 aromatic heterocycles. The van der Waals surface area contributed by atoms with E-state index >= 15 is 0 Å². The van der Waals surface area contributed by atoms with E-state index in [1.165, 1.54) is 6.07 Å². The van der Waals surface area contributed by atoms with Crippen molar-refractivity contribution in [2.24, 2.45) is 10.9 Å². The molecule has 1 aliphatic heterocycles. The second-order valence-corrected chi connectivity index (χ2v) is 6.36. The van der Waals surface area contributed by atoms with Crippen LogP contribution in [0.15, 0.2) is 35.3 Å². The number of hydrogen-bond acceptors (Lipinski definition) is 2. The van der Waals surface area contributed by atoms with Crippen LogP contribution in [0.4, 0.5) is 8.78 Å². The predicted octanol–water partition coefficient (Wildman–Crippen LogP) is 1.96. The van der Waals surface area contributed by atoms with Gasteiger partial charge >= 0.3 is 0 Å². The first-order valence-corrected chi connectivity index (χ1v) is 8.30. The van der Waals surface area contributed by atoms with Crippen LogP contribution in [0.1, 0.15) is 27.9 Å². The molecule has 2 aromatic carbocycles. The van der Waals surface area contributed by atoms with Crippen LogP contribution < -0.4 is 15.9 Å². The highest BCUT2D eigenvalue weighted by Crippen LogP contribution is 2.11. The summed E-state index contributed by atoms with van der Waals surface area (Å²) < 4.78 is 26.1. The van der Waals surface area contributed by atoms with Crippen molar-refractivity contribution >= 4 is 17.9 Å². The second-order valence-electron chi connectivity index (χ2n) is 6.36. The van der Waals surface area contributed by atoms with Gasteiger partial charge in [-0.3, -0.25) is 9.59 Å². The van der Waals surface area contributed by atoms with Crippen LogP contribution in [0.25, 0.3) is 6.08 Å². The van der Waals surface area contributed by atoms with E-state index < -0.39 is 23.5 Å². The lowest BCUT2D eigenvalue weighted by atomic mass is 9.97. The van der Waals surface area contributed by atoms with E-state index in [0.717, 1.165) is 28.5 Å². The summed E-state index contributed by atoms with van der Waals surface area (Å²) in [5.74, 6) is -3.26. The fourth-order valence-electron chi connectivity index (χ4n) is 2.93. The predicted molar refractivity (Wildman–Crippen MR) is 93.0 cm³/mol. The average Bonchev–Trinajstić information content (AvgIpc) is 2.61. The number of carbonyl (C=O) groups is 2. The summed E-state index contributed by atoms with van der Waals surface area (Å²) in [6.07, 6.45) is 2.27. The van der Waals surface area contributed by atoms with Crippen molar-refractivity contribution in [2.75, 3.05) is 6.54 Å². The summed E-state index contributed by atoms with van der Waals surface area (Å²) in [5, 5.41) is 4.27. The lowest BCUT2D eigenvalue weighted by Gasteiger charge is -2.14. The summed E-state index contributed by atoms with van der Waals surface area (Å²) in [6.45, 7) is 4.09. The molecule has 134 valence electrons. The van der Waals surface area contributed by atoms with Gasteiger partial charge in [-0.25, -0.2) is 13.8 Å². The maximum absolute atomic E-state index is 13.2. The van der Waals surface area contributed by atoms with Crippen molar-refractivity contribution < 1.29 is 18.4 Å². The molecule has 1 N–H and O–H groups in total. The Labute approximate surface area is 149 Å². The highest BCUT2D eigenvalue weighted by molar-refractivity contribution is 5.94. The van der Waals surface area contributed by atoms with Gasteiger partial charge in [-0.2, -0.15) is 0 Å². The Hall–Kier alpha value is -2.89. The first-order chi connectivity index (χ1) is 12.4. The van der Waals surface area contributed by atoms with Crippen molar-refractivity contribution in [3.05, 3.63) is 69.2 Å². The first kappa shape index (κ1) is 17.9. The standard InChI is InChI=1S/C20H18F2N2O2/c1-11-3-4-12(2)18-15(11)9-14(20(26)24-18)7-8-23-19(25)13-5-6-16(21)17(22)10-13/h3-6,9-10,14H,7-8H2,1-2H3,(H,23,25). The molecule has 2 aromatic rings. The van der Waals surface area contributed by atoms with Crippen molar-refractivity contribution in [1.82, 2.24) is 5.32 Å². The van der Waals surface area contributed by atoms with Gasteiger partial charge in [-0.15, -0.1) is 0 Å². The van der Waals surface area contributed by atoms with Gasteiger partial charge in [0.05, 0.1) is 11.3 Å². The molecule has 1 heterocycles. The molecule has 1 atom stereocenters. The van der Waals surface area contributed by atoms with Crippen molar-refractivity contribution in [3.63, 3.8) is 0 Å². The highest BCUT2D eigenvalue weighted by atomic mass is 19.2. The topological polar surface area (TPSA) is 58.5 Å². The van der Waals surface area contributed by atoms with Gasteiger partial charge in [0.2, 0.25) is 0 Å². The smallest absolute Gasteiger partial charge is 0.253 e. The highest BCUT2D eigenvalue weighted by Gasteiger charge is 2.20. The van der Waals surface area contributed by atoms with E-state index in [1.54, 1.807) is 0 Å². The Bertz CT molecular complexity index is 1020. The van der Waals surface area contributed by atoms with Crippen LogP contribution in [-0.2, 0) is 4.79 Å². The fraction of sp³-hybridized carbons (Fsp3) is 0.250. The maximum Gasteiger partial charge on any atom is 0.253 e. The molecule has 1 unspecified atom stereocenters. The number of fused-ring (bicyclic) bond motifs is 1. The Balaban J connectivity index is 1.69. The Kier molecular flexibility index (Phi) is 4.93. The summed E-state index contributed by atoms with van der Waals surface area (Å²) in [5.41, 5.74) is 2.02. The minimum absolute atomic E-state index is 0.0318. The first-order valence-electron chi connectivity index (χ1n) is 8.30. The fourth-order valence-corrected chi connectivity index (χ4v) is 2.93. The normalized spacial score (nSPS) is 15.7. The molecule has 0 spiro atoms. The Morgan fingerprint density at radius 1 is 1.12 bits per heavy atom. The number of aryl methyl sites for hydroxylation is 2. The van der Waals surface area contributed by atoms with Crippen LogP contribution >= 0.6 is 0 Å². The van der Waals surface area contributed by atoms with Crippen LogP contribution in [0.2, 0.25) is 0 Å². The average molecular weight is 356 g/mol. The third-order valence-corrected chi connectivity index (χ3v) is 4.47. The molecule has 0 aliphatic carbocycles. The van der Waals surface area contributed by atoms with Gasteiger partial charge in [-0.1, -0.05) is 18.2 Å². The zero-order valence-electron chi connectivity index (χ0n) is 14.5. The second kappa shape index (κ2) is 7.15. The number of benzene rings is 2. The summed E-state index contributed by atoms with van der Waals surface area (Å²) in [4.78, 5) is 28.4. The zero-order valence-corrected chi connectivity index (χ0v) is 14.5. The molecule has 0 bridgehead atoms. The molecule has 3 rings (SSSR count). The van der Waals surface area contributed by atoms with Gasteiger partial charge in [0.15, 0.2) is 11.6 Å². The minimum Gasteiger partial charge on any atom is -0.352 e. The van der Waals surface area contributed by atoms with E-state index in [1.807, 2.05) is 32.1 Å². The minimum atomic E-state index is -1.07. The van der Waals surface area contributed by atoms with Crippen LogP contribution in [-0.4, -0.2) is 18.4 Å². The molecule has 0 fully saturated rings. The van der Waals surface area contributed by atoms with Gasteiger partial charge in [0.25, 0.3) is 11.8 Å². The lowest BCUT2D eigenvalue weighted by Crippen LogP contribution is -2.38. The number of nitrogens with zero attached hydrogens (tertiary/aromatic N) is 1. The number of amides is 2. The largest absolute Gasteiger partial charge is 0.352 e. The number of rotatable bonds is 4. The van der Waals surface area contributed by atoms with E-state index in [2.05, 4.69) is 10.3 Å². The van der Waals surface area contributed by atoms with E-state index in [0.29, 0.717) is 11.8 Å². The third-order valence-electron chi connectivity index (χ3n) is 4.47. The van der Waals surface area contributed by atoms with Gasteiger partial charge in [-0.05, 0) is 49.6 Å². The van der Waals surface area contributed by atoms with E-state index in [9.17, 15) is 18.4 Å². The van der Waals surface area contributed by atoms with Crippen LogP contribution in [0.5, 0.6) is 0 Å². The quantitative estimate of drug-likeness (QED) is 0.910. The maximum atomic E-state index is 13.2. The number of carbonyl (C=O) groups excluding carboxylic acids is 2. The summed E-state index contributed by atoms with van der Waals surface area (Å²) in [7, 11) is 0. The van der Waals surface area contributed by atoms with Gasteiger partial charge in [0, 0.05) is 17.3 Å². The molecular weight excluding hydrogens is 338 g/mol. The van der Waals surface area contributed by atoms with E-state index in [-0.39, 0.29) is 18.0 Å². The third kappa shape index (κ3) is 3.54. The Morgan fingerprint density at radius 3 is 2.58 bits per heavy atom. The van der Waals surface area contributed by atoms with Crippen LogP contribution in [0.3, 0.4) is 0 Å². The molecule has 1 aliphatic rings. The number of halogens is 2. The molecule has 26 heavy (non-hydrogen) atoms.